The highest BCUT2D eigenvalue weighted by atomic mass is 35.5. The van der Waals surface area contributed by atoms with Gasteiger partial charge in [-0.2, -0.15) is 0 Å². The Morgan fingerprint density at radius 3 is 1.38 bits per heavy atom. The van der Waals surface area contributed by atoms with Gasteiger partial charge in [0, 0.05) is 47.0 Å². The lowest BCUT2D eigenvalue weighted by molar-refractivity contribution is 0.261. The third kappa shape index (κ3) is 6.77. The molecule has 37 heavy (non-hydrogen) atoms. The molecule has 0 fully saturated rings. The maximum Gasteiger partial charge on any atom is 0.323 e. The van der Waals surface area contributed by atoms with Gasteiger partial charge in [0.2, 0.25) is 0 Å². The van der Waals surface area contributed by atoms with Crippen molar-refractivity contribution in [1.82, 2.24) is 10.6 Å². The van der Waals surface area contributed by atoms with Crippen molar-refractivity contribution in [2.24, 2.45) is 9.98 Å². The van der Waals surface area contributed by atoms with Crippen LogP contribution in [0, 0.1) is 0 Å². The molecule has 11 heteroatoms. The average molecular weight is 519 g/mol. The van der Waals surface area contributed by atoms with E-state index in [2.05, 4.69) is 41.9 Å². The van der Waals surface area contributed by atoms with Gasteiger partial charge in [-0.05, 0) is 66.7 Å². The first-order valence-corrected chi connectivity index (χ1v) is 11.7. The number of benzene rings is 3. The number of hydrogen-bond donors (Lipinski definition) is 6. The van der Waals surface area contributed by atoms with Crippen molar-refractivity contribution < 1.29 is 9.59 Å². The van der Waals surface area contributed by atoms with E-state index in [-0.39, 0.29) is 24.5 Å². The molecule has 0 aromatic heterocycles. The topological polar surface area (TPSA) is 131 Å². The van der Waals surface area contributed by atoms with Crippen LogP contribution in [0.2, 0.25) is 0 Å². The highest BCUT2D eigenvalue weighted by Crippen LogP contribution is 2.18. The number of carbonyl (C=O) groups excluding carboxylic acids is 2. The first kappa shape index (κ1) is 25.5. The van der Waals surface area contributed by atoms with Crippen LogP contribution < -0.4 is 31.9 Å². The van der Waals surface area contributed by atoms with Crippen LogP contribution >= 0.6 is 12.4 Å². The van der Waals surface area contributed by atoms with E-state index in [0.29, 0.717) is 22.7 Å². The molecule has 5 rings (SSSR count). The quantitative estimate of drug-likeness (QED) is 0.293. The Hall–Kier alpha value is -4.57. The summed E-state index contributed by atoms with van der Waals surface area (Å²) in [5, 5.41) is 17.6. The summed E-state index contributed by atoms with van der Waals surface area (Å²) < 4.78 is 0. The van der Waals surface area contributed by atoms with Gasteiger partial charge in [0.15, 0.2) is 0 Å². The Kier molecular flexibility index (Phi) is 8.22. The Labute approximate surface area is 220 Å². The van der Waals surface area contributed by atoms with Crippen molar-refractivity contribution in [3.05, 3.63) is 83.9 Å². The first-order valence-electron chi connectivity index (χ1n) is 11.7. The number of anilines is 4. The number of hydrogen-bond acceptors (Lipinski definition) is 6. The Bertz CT molecular complexity index is 1220. The number of urea groups is 2. The summed E-state index contributed by atoms with van der Waals surface area (Å²) in [6, 6.07) is 21.1. The van der Waals surface area contributed by atoms with E-state index in [1.807, 2.05) is 48.5 Å². The molecular formula is C26H27ClN8O2. The number of nitrogens with one attached hydrogen (secondary N) is 6. The molecule has 0 spiro atoms. The van der Waals surface area contributed by atoms with Crippen LogP contribution in [0.1, 0.15) is 11.1 Å². The minimum absolute atomic E-state index is 0. The number of nitrogens with zero attached hydrogens (tertiary/aromatic N) is 2. The number of amidine groups is 2. The third-order valence-corrected chi connectivity index (χ3v) is 5.56. The number of halogens is 1. The van der Waals surface area contributed by atoms with Crippen LogP contribution in [0.4, 0.5) is 32.3 Å². The van der Waals surface area contributed by atoms with E-state index in [9.17, 15) is 9.59 Å². The Morgan fingerprint density at radius 1 is 0.595 bits per heavy atom. The molecule has 0 bridgehead atoms. The Morgan fingerprint density at radius 2 is 1.00 bits per heavy atom. The highest BCUT2D eigenvalue weighted by molar-refractivity contribution is 6.04. The Balaban J connectivity index is 0.00000320. The summed E-state index contributed by atoms with van der Waals surface area (Å²) >= 11 is 0. The molecule has 3 aromatic rings. The number of amides is 4. The first-order chi connectivity index (χ1) is 17.6. The van der Waals surface area contributed by atoms with E-state index < -0.39 is 0 Å². The minimum Gasteiger partial charge on any atom is -0.368 e. The summed E-state index contributed by atoms with van der Waals surface area (Å²) in [5.74, 6) is 1.74. The van der Waals surface area contributed by atoms with Gasteiger partial charge in [-0.25, -0.2) is 9.59 Å². The van der Waals surface area contributed by atoms with Crippen molar-refractivity contribution >= 4 is 58.9 Å². The predicted octanol–water partition coefficient (Wildman–Crippen LogP) is 4.10. The lowest BCUT2D eigenvalue weighted by atomic mass is 10.2. The molecule has 6 N–H and O–H groups in total. The smallest absolute Gasteiger partial charge is 0.323 e. The molecule has 0 saturated carbocycles. The second kappa shape index (κ2) is 11.9. The van der Waals surface area contributed by atoms with Gasteiger partial charge in [0.25, 0.3) is 0 Å². The zero-order valence-electron chi connectivity index (χ0n) is 19.9. The molecule has 2 aliphatic heterocycles. The van der Waals surface area contributed by atoms with Crippen LogP contribution in [0.5, 0.6) is 0 Å². The van der Waals surface area contributed by atoms with Gasteiger partial charge in [-0.3, -0.25) is 9.98 Å². The molecule has 2 aliphatic rings. The van der Waals surface area contributed by atoms with E-state index in [0.717, 1.165) is 49.0 Å². The van der Waals surface area contributed by atoms with Crippen LogP contribution in [-0.4, -0.2) is 49.9 Å². The monoisotopic (exact) mass is 518 g/mol. The summed E-state index contributed by atoms with van der Waals surface area (Å²) in [5.41, 5.74) is 4.36. The third-order valence-electron chi connectivity index (χ3n) is 5.56. The second-order valence-corrected chi connectivity index (χ2v) is 8.21. The van der Waals surface area contributed by atoms with Crippen LogP contribution in [-0.2, 0) is 0 Å². The standard InChI is InChI=1S/C26H26N8O2.ClH/c35-25(31-19-8-4-17(5-9-19)23-27-12-13-28-23)33-21-2-1-3-22(16-21)34-26(36)32-20-10-6-18(7-11-20)24-29-14-15-30-24;/h1-11,16H,12-15H2,(H,27,28)(H,29,30)(H2,31,33,35)(H2,32,34,36);1H. The van der Waals surface area contributed by atoms with Gasteiger partial charge >= 0.3 is 12.1 Å². The summed E-state index contributed by atoms with van der Waals surface area (Å²) in [4.78, 5) is 33.7. The van der Waals surface area contributed by atoms with Gasteiger partial charge < -0.3 is 31.9 Å². The van der Waals surface area contributed by atoms with Crippen molar-refractivity contribution in [2.75, 3.05) is 47.4 Å². The molecule has 0 unspecified atom stereocenters. The molecule has 0 atom stereocenters. The molecule has 10 nitrogen and oxygen atoms in total. The van der Waals surface area contributed by atoms with Gasteiger partial charge in [-0.1, -0.05) is 6.07 Å². The normalized spacial score (nSPS) is 13.7. The fraction of sp³-hybridized carbons (Fsp3) is 0.154. The summed E-state index contributed by atoms with van der Waals surface area (Å²) in [7, 11) is 0. The zero-order valence-corrected chi connectivity index (χ0v) is 20.7. The lowest BCUT2D eigenvalue weighted by Crippen LogP contribution is -2.21. The average Bonchev–Trinajstić information content (AvgIpc) is 3.60. The molecule has 190 valence electrons. The fourth-order valence-electron chi connectivity index (χ4n) is 3.87. The number of aliphatic imine (C=N–C) groups is 2. The van der Waals surface area contributed by atoms with E-state index in [1.165, 1.54) is 0 Å². The lowest BCUT2D eigenvalue weighted by Gasteiger charge is -2.11. The summed E-state index contributed by atoms with van der Waals surface area (Å²) in [6.07, 6.45) is 0. The maximum absolute atomic E-state index is 12.4. The van der Waals surface area contributed by atoms with Crippen molar-refractivity contribution in [1.29, 1.82) is 0 Å². The molecule has 4 amide bonds. The number of carbonyl (C=O) groups is 2. The minimum atomic E-state index is -0.387. The predicted molar refractivity (Wildman–Crippen MR) is 151 cm³/mol. The van der Waals surface area contributed by atoms with Crippen molar-refractivity contribution in [2.45, 2.75) is 0 Å². The highest BCUT2D eigenvalue weighted by Gasteiger charge is 2.10. The van der Waals surface area contributed by atoms with Crippen LogP contribution in [0.3, 0.4) is 0 Å². The maximum atomic E-state index is 12.4. The molecule has 0 saturated heterocycles. The van der Waals surface area contributed by atoms with E-state index >= 15 is 0 Å². The second-order valence-electron chi connectivity index (χ2n) is 8.21. The summed E-state index contributed by atoms with van der Waals surface area (Å²) in [6.45, 7) is 3.23. The molecule has 0 aliphatic carbocycles. The molecule has 2 heterocycles. The van der Waals surface area contributed by atoms with E-state index in [1.54, 1.807) is 24.3 Å². The largest absolute Gasteiger partial charge is 0.368 e. The van der Waals surface area contributed by atoms with Gasteiger partial charge in [0.1, 0.15) is 11.7 Å². The zero-order chi connectivity index (χ0) is 24.7. The van der Waals surface area contributed by atoms with Gasteiger partial charge in [-0.15, -0.1) is 12.4 Å². The van der Waals surface area contributed by atoms with Crippen molar-refractivity contribution in [3.8, 4) is 0 Å². The molecular weight excluding hydrogens is 492 g/mol. The fourth-order valence-corrected chi connectivity index (χ4v) is 3.87. The SMILES string of the molecule is Cl.O=C(Nc1ccc(C2=NCCN2)cc1)Nc1cccc(NC(=O)Nc2ccc(C3=NCCN3)cc2)c1. The van der Waals surface area contributed by atoms with Gasteiger partial charge in [0.05, 0.1) is 13.1 Å². The van der Waals surface area contributed by atoms with Crippen LogP contribution in [0.25, 0.3) is 0 Å². The molecule has 3 aromatic carbocycles. The molecule has 0 radical (unpaired) electrons. The van der Waals surface area contributed by atoms with Crippen molar-refractivity contribution in [3.63, 3.8) is 0 Å². The van der Waals surface area contributed by atoms with Crippen LogP contribution in [0.15, 0.2) is 82.8 Å². The number of rotatable bonds is 6. The van der Waals surface area contributed by atoms with E-state index in [4.69, 9.17) is 0 Å².